The fourth-order valence-corrected chi connectivity index (χ4v) is 3.60. The lowest BCUT2D eigenvalue weighted by Crippen LogP contribution is -2.44. The smallest absolute Gasteiger partial charge is 0.223 e. The minimum Gasteiger partial charge on any atom is -0.339 e. The van der Waals surface area contributed by atoms with Crippen molar-refractivity contribution in [2.45, 2.75) is 25.3 Å². The van der Waals surface area contributed by atoms with Crippen LogP contribution in [0.25, 0.3) is 0 Å². The van der Waals surface area contributed by atoms with Gasteiger partial charge in [-0.05, 0) is 25.9 Å². The number of carbonyl (C=O) groups is 1. The van der Waals surface area contributed by atoms with E-state index in [1.165, 1.54) is 0 Å². The van der Waals surface area contributed by atoms with Gasteiger partial charge in [0.2, 0.25) is 15.9 Å². The lowest BCUT2D eigenvalue weighted by molar-refractivity contribution is -0.130. The minimum absolute atomic E-state index is 0.0746. The average molecular weight is 261 g/mol. The zero-order valence-electron chi connectivity index (χ0n) is 9.76. The Bertz CT molecular complexity index is 390. The van der Waals surface area contributed by atoms with Gasteiger partial charge in [0.25, 0.3) is 0 Å². The molecule has 98 valence electrons. The molecule has 3 N–H and O–H groups in total. The van der Waals surface area contributed by atoms with Gasteiger partial charge in [-0.1, -0.05) is 0 Å². The van der Waals surface area contributed by atoms with Crippen molar-refractivity contribution in [2.24, 2.45) is 11.1 Å². The van der Waals surface area contributed by atoms with Crippen LogP contribution < -0.4 is 10.5 Å². The van der Waals surface area contributed by atoms with Gasteiger partial charge in [-0.15, -0.1) is 0 Å². The van der Waals surface area contributed by atoms with E-state index >= 15 is 0 Å². The molecule has 0 aliphatic carbocycles. The molecule has 0 aromatic heterocycles. The van der Waals surface area contributed by atoms with Gasteiger partial charge >= 0.3 is 0 Å². The number of hydrogen-bond acceptors (Lipinski definition) is 4. The van der Waals surface area contributed by atoms with Crippen molar-refractivity contribution in [3.8, 4) is 0 Å². The Labute approximate surface area is 102 Å². The van der Waals surface area contributed by atoms with E-state index in [9.17, 15) is 13.2 Å². The van der Waals surface area contributed by atoms with Crippen LogP contribution in [-0.2, 0) is 14.8 Å². The number of carbonyl (C=O) groups excluding carboxylic acids is 1. The highest BCUT2D eigenvalue weighted by Crippen LogP contribution is 2.24. The lowest BCUT2D eigenvalue weighted by atomic mass is 10.1. The van der Waals surface area contributed by atoms with Crippen molar-refractivity contribution in [1.29, 1.82) is 0 Å². The summed E-state index contributed by atoms with van der Waals surface area (Å²) < 4.78 is 22.0. The molecule has 0 radical (unpaired) electrons. The van der Waals surface area contributed by atoms with Crippen LogP contribution >= 0.6 is 0 Å². The maximum atomic E-state index is 11.8. The van der Waals surface area contributed by atoms with E-state index in [0.29, 0.717) is 13.0 Å². The number of nitrogens with zero attached hydrogens (tertiary/aromatic N) is 1. The molecule has 2 heterocycles. The second-order valence-electron chi connectivity index (χ2n) is 4.93. The number of hydrogen-bond donors (Lipinski definition) is 2. The summed E-state index contributed by atoms with van der Waals surface area (Å²) in [5.74, 6) is -0.141. The molecule has 0 bridgehead atoms. The van der Waals surface area contributed by atoms with E-state index in [1.54, 1.807) is 0 Å². The molecule has 0 spiro atoms. The monoisotopic (exact) mass is 261 g/mol. The predicted octanol–water partition coefficient (Wildman–Crippen LogP) is -1.12. The van der Waals surface area contributed by atoms with Crippen molar-refractivity contribution in [2.75, 3.05) is 25.4 Å². The summed E-state index contributed by atoms with van der Waals surface area (Å²) in [6.07, 6.45) is 2.22. The molecular weight excluding hydrogens is 242 g/mol. The van der Waals surface area contributed by atoms with Gasteiger partial charge in [0.15, 0.2) is 0 Å². The maximum absolute atomic E-state index is 11.8. The third-order valence-corrected chi connectivity index (χ3v) is 4.39. The Morgan fingerprint density at radius 1 is 1.35 bits per heavy atom. The van der Waals surface area contributed by atoms with Crippen LogP contribution in [0.2, 0.25) is 0 Å². The van der Waals surface area contributed by atoms with Crippen LogP contribution in [-0.4, -0.2) is 50.7 Å². The normalized spacial score (nSPS) is 27.7. The van der Waals surface area contributed by atoms with Gasteiger partial charge in [-0.3, -0.25) is 4.79 Å². The molecule has 1 unspecified atom stereocenters. The van der Waals surface area contributed by atoms with Crippen molar-refractivity contribution in [1.82, 2.24) is 10.2 Å². The van der Waals surface area contributed by atoms with Crippen LogP contribution in [0.3, 0.4) is 0 Å². The largest absolute Gasteiger partial charge is 0.339 e. The highest BCUT2D eigenvalue weighted by atomic mass is 32.2. The van der Waals surface area contributed by atoms with Crippen molar-refractivity contribution in [3.63, 3.8) is 0 Å². The first kappa shape index (κ1) is 12.8. The van der Waals surface area contributed by atoms with Crippen LogP contribution in [0.1, 0.15) is 19.3 Å². The Morgan fingerprint density at radius 3 is 2.59 bits per heavy atom. The summed E-state index contributed by atoms with van der Waals surface area (Å²) in [5.41, 5.74) is 0. The summed E-state index contributed by atoms with van der Waals surface area (Å²) >= 11 is 0. The maximum Gasteiger partial charge on any atom is 0.223 e. The Kier molecular flexibility index (Phi) is 3.70. The summed E-state index contributed by atoms with van der Waals surface area (Å²) in [5, 5.41) is 8.27. The van der Waals surface area contributed by atoms with Gasteiger partial charge in [-0.25, -0.2) is 13.6 Å². The first-order valence-electron chi connectivity index (χ1n) is 5.96. The van der Waals surface area contributed by atoms with Gasteiger partial charge in [-0.2, -0.15) is 0 Å². The summed E-state index contributed by atoms with van der Waals surface area (Å²) in [6.45, 7) is 2.39. The molecule has 1 atom stereocenters. The van der Waals surface area contributed by atoms with E-state index in [-0.39, 0.29) is 23.6 Å². The quantitative estimate of drug-likeness (QED) is 0.673. The van der Waals surface area contributed by atoms with Crippen molar-refractivity contribution in [3.05, 3.63) is 0 Å². The Hall–Kier alpha value is -0.660. The molecule has 2 aliphatic rings. The highest BCUT2D eigenvalue weighted by Gasteiger charge is 2.36. The lowest BCUT2D eigenvalue weighted by Gasteiger charge is -2.31. The van der Waals surface area contributed by atoms with E-state index in [4.69, 9.17) is 5.14 Å². The van der Waals surface area contributed by atoms with Gasteiger partial charge in [0.1, 0.15) is 0 Å². The van der Waals surface area contributed by atoms with Crippen molar-refractivity contribution >= 4 is 15.9 Å². The zero-order chi connectivity index (χ0) is 12.5. The standard InChI is InChI=1S/C10H19N3O3S/c11-17(15,16)7-8-5-10(14)13(6-8)9-1-3-12-4-2-9/h8-9,12H,1-7H2,(H2,11,15,16). The van der Waals surface area contributed by atoms with Crippen LogP contribution in [0, 0.1) is 5.92 Å². The number of sulfonamides is 1. The molecule has 2 fully saturated rings. The third-order valence-electron chi connectivity index (χ3n) is 3.46. The molecule has 2 aliphatic heterocycles. The number of primary sulfonamides is 1. The summed E-state index contributed by atoms with van der Waals surface area (Å²) in [7, 11) is -3.48. The second kappa shape index (κ2) is 4.91. The van der Waals surface area contributed by atoms with Gasteiger partial charge < -0.3 is 10.2 Å². The molecule has 0 aromatic rings. The third kappa shape index (κ3) is 3.40. The Balaban J connectivity index is 1.95. The zero-order valence-corrected chi connectivity index (χ0v) is 10.6. The molecule has 6 nitrogen and oxygen atoms in total. The van der Waals surface area contributed by atoms with Crippen LogP contribution in [0.15, 0.2) is 0 Å². The molecule has 1 amide bonds. The number of nitrogens with one attached hydrogen (secondary N) is 1. The van der Waals surface area contributed by atoms with E-state index < -0.39 is 10.0 Å². The number of likely N-dealkylation sites (tertiary alicyclic amines) is 1. The molecule has 2 saturated heterocycles. The second-order valence-corrected chi connectivity index (χ2v) is 6.59. The summed E-state index contributed by atoms with van der Waals surface area (Å²) in [4.78, 5) is 13.7. The molecule has 7 heteroatoms. The van der Waals surface area contributed by atoms with Gasteiger partial charge in [0.05, 0.1) is 5.75 Å². The van der Waals surface area contributed by atoms with Crippen LogP contribution in [0.5, 0.6) is 0 Å². The average Bonchev–Trinajstić information content (AvgIpc) is 2.58. The number of nitrogens with two attached hydrogens (primary N) is 1. The molecular formula is C10H19N3O3S. The van der Waals surface area contributed by atoms with Gasteiger partial charge in [0, 0.05) is 24.9 Å². The number of piperidine rings is 1. The molecule has 0 saturated carbocycles. The number of rotatable bonds is 3. The Morgan fingerprint density at radius 2 is 2.00 bits per heavy atom. The van der Waals surface area contributed by atoms with E-state index in [1.807, 2.05) is 4.90 Å². The van der Waals surface area contributed by atoms with Crippen molar-refractivity contribution < 1.29 is 13.2 Å². The fourth-order valence-electron chi connectivity index (χ4n) is 2.72. The fraction of sp³-hybridized carbons (Fsp3) is 0.900. The molecule has 2 rings (SSSR count). The number of amides is 1. The highest BCUT2D eigenvalue weighted by molar-refractivity contribution is 7.89. The molecule has 17 heavy (non-hydrogen) atoms. The summed E-state index contributed by atoms with van der Waals surface area (Å²) in [6, 6.07) is 0.272. The topological polar surface area (TPSA) is 92.5 Å². The predicted molar refractivity (Wildman–Crippen MR) is 63.7 cm³/mol. The van der Waals surface area contributed by atoms with Crippen LogP contribution in [0.4, 0.5) is 0 Å². The first-order valence-corrected chi connectivity index (χ1v) is 7.68. The van der Waals surface area contributed by atoms with E-state index in [2.05, 4.69) is 5.32 Å². The molecule has 0 aromatic carbocycles. The minimum atomic E-state index is -3.48. The first-order chi connectivity index (χ1) is 7.96. The van der Waals surface area contributed by atoms with E-state index in [0.717, 1.165) is 25.9 Å². The SMILES string of the molecule is NS(=O)(=O)CC1CC(=O)N(C2CCNCC2)C1.